The summed E-state index contributed by atoms with van der Waals surface area (Å²) in [5, 5.41) is 0. The van der Waals surface area contributed by atoms with Gasteiger partial charge in [-0.25, -0.2) is 0 Å². The predicted molar refractivity (Wildman–Crippen MR) is 195 cm³/mol. The van der Waals surface area contributed by atoms with Crippen molar-refractivity contribution >= 4 is 35.1 Å². The van der Waals surface area contributed by atoms with Gasteiger partial charge in [0.2, 0.25) is 0 Å². The molecule has 2 aliphatic carbocycles. The summed E-state index contributed by atoms with van der Waals surface area (Å²) in [6.45, 7) is 9.53. The Labute approximate surface area is 274 Å². The second kappa shape index (κ2) is 13.0. The van der Waals surface area contributed by atoms with Crippen LogP contribution < -0.4 is 0 Å². The molecule has 4 aromatic rings. The second-order valence-electron chi connectivity index (χ2n) is 13.2. The zero-order valence-corrected chi connectivity index (χ0v) is 31.7. The summed E-state index contributed by atoms with van der Waals surface area (Å²) < 4.78 is 0.274. The Morgan fingerprint density at radius 2 is 0.977 bits per heavy atom. The number of rotatable bonds is 11. The number of benzene rings is 4. The molecule has 4 aromatic carbocycles. The van der Waals surface area contributed by atoms with E-state index in [1.54, 1.807) is 0 Å². The van der Waals surface area contributed by atoms with Crippen LogP contribution in [0, 0.1) is 0 Å². The molecule has 0 saturated heterocycles. The van der Waals surface area contributed by atoms with Gasteiger partial charge in [-0.15, -0.1) is 0 Å². The van der Waals surface area contributed by atoms with Crippen LogP contribution in [0.3, 0.4) is 0 Å². The molecular formula is C40H45Cl2SiZr. The molecule has 227 valence electrons. The van der Waals surface area contributed by atoms with Crippen LogP contribution in [0.15, 0.2) is 108 Å². The van der Waals surface area contributed by atoms with Gasteiger partial charge in [0.1, 0.15) is 0 Å². The SMILES string of the molecule is CCCCC1=Cc2c(-c3ccccc3)cccc2[CH]1[Zr]([Cl])([Cl])([CH]1C(CCCC)=Cc2c(-c3ccccc3)cccc21)[SiH](C)C. The first-order chi connectivity index (χ1) is 21.3. The Hall–Kier alpha value is -1.96. The zero-order valence-electron chi connectivity index (χ0n) is 26.6. The molecule has 4 heteroatoms. The van der Waals surface area contributed by atoms with Crippen molar-refractivity contribution in [3.63, 3.8) is 0 Å². The molecule has 2 aliphatic rings. The van der Waals surface area contributed by atoms with Gasteiger partial charge in [-0.1, -0.05) is 0 Å². The topological polar surface area (TPSA) is 0 Å². The third kappa shape index (κ3) is 5.43. The van der Waals surface area contributed by atoms with E-state index in [-0.39, 0.29) is 7.25 Å². The van der Waals surface area contributed by atoms with E-state index in [1.807, 2.05) is 0 Å². The molecule has 0 heterocycles. The van der Waals surface area contributed by atoms with Crippen molar-refractivity contribution in [2.45, 2.75) is 72.7 Å². The van der Waals surface area contributed by atoms with Gasteiger partial charge in [-0.2, -0.15) is 0 Å². The van der Waals surface area contributed by atoms with Crippen LogP contribution in [-0.4, -0.2) is 5.92 Å². The molecule has 0 aromatic heterocycles. The first-order valence-corrected chi connectivity index (χ1v) is 33.0. The van der Waals surface area contributed by atoms with E-state index in [2.05, 4.69) is 136 Å². The van der Waals surface area contributed by atoms with E-state index in [9.17, 15) is 0 Å². The third-order valence-electron chi connectivity index (χ3n) is 10.3. The second-order valence-corrected chi connectivity index (χ2v) is 55.7. The van der Waals surface area contributed by atoms with E-state index in [0.717, 1.165) is 38.5 Å². The summed E-state index contributed by atoms with van der Waals surface area (Å²) in [5.74, 6) is -1.60. The molecule has 0 bridgehead atoms. The van der Waals surface area contributed by atoms with E-state index in [0.29, 0.717) is 0 Å². The average Bonchev–Trinajstić information content (AvgIpc) is 3.63. The fourth-order valence-corrected chi connectivity index (χ4v) is 39.5. The Balaban J connectivity index is 1.60. The molecule has 0 amide bonds. The molecule has 0 saturated carbocycles. The maximum absolute atomic E-state index is 8.70. The molecule has 6 rings (SSSR count). The van der Waals surface area contributed by atoms with E-state index in [4.69, 9.17) is 17.0 Å². The molecule has 0 N–H and O–H groups in total. The van der Waals surface area contributed by atoms with Crippen LogP contribution in [0.25, 0.3) is 34.4 Å². The molecule has 44 heavy (non-hydrogen) atoms. The zero-order chi connectivity index (χ0) is 30.9. The van der Waals surface area contributed by atoms with Gasteiger partial charge in [0.15, 0.2) is 0 Å². The Morgan fingerprint density at radius 1 is 0.568 bits per heavy atom. The van der Waals surface area contributed by atoms with Gasteiger partial charge in [0, 0.05) is 0 Å². The Bertz CT molecular complexity index is 1580. The third-order valence-corrected chi connectivity index (χ3v) is 62.2. The normalized spacial score (nSPS) is 18.4. The van der Waals surface area contributed by atoms with Gasteiger partial charge in [-0.3, -0.25) is 0 Å². The standard InChI is InChI=1S/2C19H19.C2H7Si.2ClH.Zr/c2*1-2-3-8-15-13-17-11-7-12-18(19(17)14-15)16-9-5-4-6-10-16;1-3-2;;;/h2*4-7,9-14H,2-3,8H2,1H3;3H,1-2H3;2*1H;/q;;;;;+2/p-2. The van der Waals surface area contributed by atoms with Crippen LogP contribution in [0.5, 0.6) is 0 Å². The Morgan fingerprint density at radius 3 is 1.34 bits per heavy atom. The molecule has 2 unspecified atom stereocenters. The molecule has 0 aliphatic heterocycles. The average molecular weight is 716 g/mol. The molecule has 0 spiro atoms. The molecule has 0 fully saturated rings. The van der Waals surface area contributed by atoms with Crippen LogP contribution in [0.2, 0.25) is 13.1 Å². The quantitative estimate of drug-likeness (QED) is 0.136. The number of unbranched alkanes of at least 4 members (excludes halogenated alkanes) is 2. The van der Waals surface area contributed by atoms with Crippen molar-refractivity contribution < 1.29 is 15.6 Å². The van der Waals surface area contributed by atoms with Crippen molar-refractivity contribution in [3.8, 4) is 22.3 Å². The van der Waals surface area contributed by atoms with Crippen molar-refractivity contribution in [1.29, 1.82) is 0 Å². The first kappa shape index (κ1) is 32.0. The number of allylic oxidation sites excluding steroid dienone is 2. The summed E-state index contributed by atoms with van der Waals surface area (Å²) >= 11 is -4.79. The van der Waals surface area contributed by atoms with Crippen molar-refractivity contribution in [3.05, 3.63) is 130 Å². The Kier molecular flexibility index (Phi) is 9.48. The maximum atomic E-state index is 8.70. The van der Waals surface area contributed by atoms with Crippen LogP contribution in [0.4, 0.5) is 0 Å². The number of hydrogen-bond acceptors (Lipinski definition) is 0. The van der Waals surface area contributed by atoms with Gasteiger partial charge in [0.25, 0.3) is 0 Å². The summed E-state index contributed by atoms with van der Waals surface area (Å²) in [6.07, 6.45) is 11.8. The monoisotopic (exact) mass is 713 g/mol. The summed E-state index contributed by atoms with van der Waals surface area (Å²) in [4.78, 5) is 0. The summed E-state index contributed by atoms with van der Waals surface area (Å²) in [7, 11) is 17.4. The van der Waals surface area contributed by atoms with E-state index < -0.39 is 21.5 Å². The van der Waals surface area contributed by atoms with Crippen LogP contribution in [-0.2, 0) is 15.6 Å². The van der Waals surface area contributed by atoms with Gasteiger partial charge in [0.05, 0.1) is 0 Å². The molecule has 0 nitrogen and oxygen atoms in total. The van der Waals surface area contributed by atoms with E-state index in [1.165, 1.54) is 55.7 Å². The summed E-state index contributed by atoms with van der Waals surface area (Å²) in [5.41, 5.74) is 13.6. The van der Waals surface area contributed by atoms with Crippen molar-refractivity contribution in [1.82, 2.24) is 0 Å². The fourth-order valence-electron chi connectivity index (χ4n) is 8.00. The van der Waals surface area contributed by atoms with Gasteiger partial charge >= 0.3 is 276 Å². The van der Waals surface area contributed by atoms with Crippen molar-refractivity contribution in [2.24, 2.45) is 0 Å². The summed E-state index contributed by atoms with van der Waals surface area (Å²) in [6, 6.07) is 35.5. The number of fused-ring (bicyclic) bond motifs is 2. The fraction of sp³-hybridized carbons (Fsp3) is 0.300. The van der Waals surface area contributed by atoms with Crippen LogP contribution >= 0.6 is 17.0 Å². The molecule has 2 atom stereocenters. The molecule has 0 radical (unpaired) electrons. The van der Waals surface area contributed by atoms with Crippen LogP contribution in [0.1, 0.15) is 81.9 Å². The predicted octanol–water partition coefficient (Wildman–Crippen LogP) is 13.0. The number of halogens is 2. The number of hydrogen-bond donors (Lipinski definition) is 0. The minimum atomic E-state index is -4.79. The van der Waals surface area contributed by atoms with Gasteiger partial charge in [-0.05, 0) is 0 Å². The van der Waals surface area contributed by atoms with E-state index >= 15 is 0 Å². The van der Waals surface area contributed by atoms with Crippen molar-refractivity contribution in [2.75, 3.05) is 0 Å². The molecular weight excluding hydrogens is 671 g/mol. The first-order valence-electron chi connectivity index (χ1n) is 16.6. The van der Waals surface area contributed by atoms with Gasteiger partial charge < -0.3 is 0 Å². The minimum absolute atomic E-state index is 0.137.